The number of aliphatic hydroxyl groups excluding tert-OH is 1. The van der Waals surface area contributed by atoms with E-state index in [0.29, 0.717) is 42.3 Å². The average Bonchev–Trinajstić information content (AvgIpc) is 3.05. The quantitative estimate of drug-likeness (QED) is 0.421. The van der Waals surface area contributed by atoms with Crippen molar-refractivity contribution in [1.29, 1.82) is 0 Å². The highest BCUT2D eigenvalue weighted by atomic mass is 35.5. The third-order valence-electron chi connectivity index (χ3n) is 5.64. The number of ether oxygens (including phenoxy) is 1. The number of carbonyl (C=O) groups excluding carboxylic acids is 2. The molecule has 1 N–H and O–H groups in total. The van der Waals surface area contributed by atoms with Crippen LogP contribution in [0.4, 0.5) is 0 Å². The topological polar surface area (TPSA) is 83.0 Å². The van der Waals surface area contributed by atoms with E-state index in [1.165, 1.54) is 12.4 Å². The summed E-state index contributed by atoms with van der Waals surface area (Å²) in [5, 5.41) is 11.5. The van der Waals surface area contributed by atoms with E-state index in [1.54, 1.807) is 35.2 Å². The predicted molar refractivity (Wildman–Crippen MR) is 117 cm³/mol. The summed E-state index contributed by atoms with van der Waals surface area (Å²) in [5.41, 5.74) is 1.20. The van der Waals surface area contributed by atoms with E-state index in [-0.39, 0.29) is 11.3 Å². The lowest BCUT2D eigenvalue weighted by Gasteiger charge is -2.29. The fraction of sp³-hybridized carbons (Fsp3) is 0.348. The third kappa shape index (κ3) is 4.63. The lowest BCUT2D eigenvalue weighted by atomic mass is 9.95. The minimum absolute atomic E-state index is 0.0739. The average molecular weight is 442 g/mol. The standard InChI is InChI=1S/C23H24ClN3O4/c24-18-4-1-3-17(15-18)20-19(21(28)16-5-7-25-8-6-16)22(29)23(30)27(20)10-2-9-26-11-13-31-14-12-26/h1,3-8,15,20,28H,2,9-14H2/b21-19+/t20-/m1/s1. The van der Waals surface area contributed by atoms with E-state index in [2.05, 4.69) is 9.88 Å². The number of rotatable bonds is 6. The van der Waals surface area contributed by atoms with Gasteiger partial charge in [0.2, 0.25) is 0 Å². The Kier molecular flexibility index (Phi) is 6.65. The molecule has 1 atom stereocenters. The molecule has 31 heavy (non-hydrogen) atoms. The van der Waals surface area contributed by atoms with E-state index >= 15 is 0 Å². The van der Waals surface area contributed by atoms with Gasteiger partial charge in [0, 0.05) is 49.2 Å². The number of aliphatic hydroxyl groups is 1. The van der Waals surface area contributed by atoms with Gasteiger partial charge in [0.25, 0.3) is 11.7 Å². The van der Waals surface area contributed by atoms with Crippen LogP contribution in [0.3, 0.4) is 0 Å². The predicted octanol–water partition coefficient (Wildman–Crippen LogP) is 2.88. The summed E-state index contributed by atoms with van der Waals surface area (Å²) < 4.78 is 5.38. The summed E-state index contributed by atoms with van der Waals surface area (Å²) in [6.07, 6.45) is 3.77. The highest BCUT2D eigenvalue weighted by molar-refractivity contribution is 6.46. The zero-order valence-corrected chi connectivity index (χ0v) is 17.8. The lowest BCUT2D eigenvalue weighted by Crippen LogP contribution is -2.38. The van der Waals surface area contributed by atoms with Crippen molar-refractivity contribution in [2.45, 2.75) is 12.5 Å². The fourth-order valence-electron chi connectivity index (χ4n) is 4.09. The van der Waals surface area contributed by atoms with Gasteiger partial charge in [0.05, 0.1) is 24.8 Å². The fourth-order valence-corrected chi connectivity index (χ4v) is 4.29. The van der Waals surface area contributed by atoms with Gasteiger partial charge in [-0.3, -0.25) is 19.5 Å². The van der Waals surface area contributed by atoms with Crippen molar-refractivity contribution in [3.05, 3.63) is 70.5 Å². The van der Waals surface area contributed by atoms with Gasteiger partial charge >= 0.3 is 0 Å². The second kappa shape index (κ2) is 9.60. The summed E-state index contributed by atoms with van der Waals surface area (Å²) in [7, 11) is 0. The molecule has 0 unspecified atom stereocenters. The highest BCUT2D eigenvalue weighted by Gasteiger charge is 2.45. The van der Waals surface area contributed by atoms with Crippen LogP contribution in [0, 0.1) is 0 Å². The summed E-state index contributed by atoms with van der Waals surface area (Å²) >= 11 is 6.20. The molecule has 4 rings (SSSR count). The SMILES string of the molecule is O=C1C(=O)N(CCCN2CCOCC2)[C@H](c2cccc(Cl)c2)/C1=C(\O)c1ccncc1. The number of hydrogen-bond donors (Lipinski definition) is 1. The first-order valence-electron chi connectivity index (χ1n) is 10.3. The highest BCUT2D eigenvalue weighted by Crippen LogP contribution is 2.39. The number of hydrogen-bond acceptors (Lipinski definition) is 6. The molecule has 162 valence electrons. The lowest BCUT2D eigenvalue weighted by molar-refractivity contribution is -0.140. The van der Waals surface area contributed by atoms with Gasteiger partial charge < -0.3 is 14.7 Å². The second-order valence-electron chi connectivity index (χ2n) is 7.59. The second-order valence-corrected chi connectivity index (χ2v) is 8.03. The Hall–Kier alpha value is -2.74. The maximum Gasteiger partial charge on any atom is 0.295 e. The monoisotopic (exact) mass is 441 g/mol. The maximum atomic E-state index is 13.0. The van der Waals surface area contributed by atoms with E-state index in [0.717, 1.165) is 19.6 Å². The molecular formula is C23H24ClN3O4. The summed E-state index contributed by atoms with van der Waals surface area (Å²) in [6.45, 7) is 4.33. The van der Waals surface area contributed by atoms with Crippen LogP contribution in [0.1, 0.15) is 23.6 Å². The zero-order chi connectivity index (χ0) is 21.8. The van der Waals surface area contributed by atoms with Crippen molar-refractivity contribution in [2.75, 3.05) is 39.4 Å². The van der Waals surface area contributed by atoms with Crippen molar-refractivity contribution in [3.63, 3.8) is 0 Å². The molecule has 0 aliphatic carbocycles. The molecule has 2 aromatic rings. The van der Waals surface area contributed by atoms with Crippen LogP contribution in [0.2, 0.25) is 5.02 Å². The van der Waals surface area contributed by atoms with Crippen molar-refractivity contribution in [1.82, 2.24) is 14.8 Å². The normalized spacial score (nSPS) is 21.6. The summed E-state index contributed by atoms with van der Waals surface area (Å²) in [6, 6.07) is 9.57. The molecular weight excluding hydrogens is 418 g/mol. The van der Waals surface area contributed by atoms with Crippen LogP contribution in [0.5, 0.6) is 0 Å². The van der Waals surface area contributed by atoms with Crippen LogP contribution in [-0.2, 0) is 14.3 Å². The Morgan fingerprint density at radius 1 is 1.13 bits per heavy atom. The number of Topliss-reactive ketones (excluding diaryl/α,β-unsaturated/α-hetero) is 1. The minimum Gasteiger partial charge on any atom is -0.507 e. The van der Waals surface area contributed by atoms with E-state index in [4.69, 9.17) is 16.3 Å². The first-order chi connectivity index (χ1) is 15.1. The largest absolute Gasteiger partial charge is 0.507 e. The minimum atomic E-state index is -0.698. The van der Waals surface area contributed by atoms with Gasteiger partial charge in [0.1, 0.15) is 5.76 Å². The van der Waals surface area contributed by atoms with Gasteiger partial charge in [-0.25, -0.2) is 0 Å². The van der Waals surface area contributed by atoms with Crippen molar-refractivity contribution in [3.8, 4) is 0 Å². The Morgan fingerprint density at radius 2 is 1.87 bits per heavy atom. The molecule has 1 amide bonds. The number of ketones is 1. The molecule has 2 aliphatic rings. The molecule has 3 heterocycles. The molecule has 0 saturated carbocycles. The molecule has 0 bridgehead atoms. The van der Waals surface area contributed by atoms with Crippen molar-refractivity contribution < 1.29 is 19.4 Å². The molecule has 0 spiro atoms. The van der Waals surface area contributed by atoms with Crippen LogP contribution < -0.4 is 0 Å². The molecule has 7 nitrogen and oxygen atoms in total. The number of nitrogens with zero attached hydrogens (tertiary/aromatic N) is 3. The molecule has 2 saturated heterocycles. The number of halogens is 1. The van der Waals surface area contributed by atoms with Gasteiger partial charge in [-0.2, -0.15) is 0 Å². The van der Waals surface area contributed by atoms with Crippen LogP contribution in [0.15, 0.2) is 54.4 Å². The van der Waals surface area contributed by atoms with Crippen LogP contribution in [-0.4, -0.2) is 71.0 Å². The first kappa shape index (κ1) is 21.5. The number of pyridine rings is 1. The molecule has 2 aliphatic heterocycles. The zero-order valence-electron chi connectivity index (χ0n) is 17.0. The van der Waals surface area contributed by atoms with Gasteiger partial charge in [-0.15, -0.1) is 0 Å². The first-order valence-corrected chi connectivity index (χ1v) is 10.7. The Labute approximate surface area is 185 Å². The molecule has 0 radical (unpaired) electrons. The number of amides is 1. The molecule has 1 aromatic heterocycles. The number of aromatic nitrogens is 1. The number of morpholine rings is 1. The number of carbonyl (C=O) groups is 2. The number of benzene rings is 1. The van der Waals surface area contributed by atoms with E-state index in [1.807, 2.05) is 6.07 Å². The number of likely N-dealkylation sites (tertiary alicyclic amines) is 1. The Morgan fingerprint density at radius 3 is 2.58 bits per heavy atom. The van der Waals surface area contributed by atoms with Gasteiger partial charge in [0.15, 0.2) is 0 Å². The van der Waals surface area contributed by atoms with Gasteiger partial charge in [-0.1, -0.05) is 23.7 Å². The van der Waals surface area contributed by atoms with E-state index in [9.17, 15) is 14.7 Å². The molecule has 8 heteroatoms. The van der Waals surface area contributed by atoms with Crippen molar-refractivity contribution in [2.24, 2.45) is 0 Å². The van der Waals surface area contributed by atoms with Gasteiger partial charge in [-0.05, 0) is 36.2 Å². The van der Waals surface area contributed by atoms with Crippen LogP contribution >= 0.6 is 11.6 Å². The Balaban J connectivity index is 1.66. The Bertz CT molecular complexity index is 989. The smallest absolute Gasteiger partial charge is 0.295 e. The summed E-state index contributed by atoms with van der Waals surface area (Å²) in [4.78, 5) is 33.7. The summed E-state index contributed by atoms with van der Waals surface area (Å²) in [5.74, 6) is -1.50. The third-order valence-corrected chi connectivity index (χ3v) is 5.87. The maximum absolute atomic E-state index is 13.0. The molecule has 2 fully saturated rings. The molecule has 1 aromatic carbocycles. The van der Waals surface area contributed by atoms with E-state index < -0.39 is 17.7 Å². The van der Waals surface area contributed by atoms with Crippen molar-refractivity contribution >= 4 is 29.1 Å². The van der Waals surface area contributed by atoms with Crippen LogP contribution in [0.25, 0.3) is 5.76 Å².